The highest BCUT2D eigenvalue weighted by molar-refractivity contribution is 7.17. The van der Waals surface area contributed by atoms with Gasteiger partial charge in [0, 0.05) is 38.8 Å². The molecule has 0 aliphatic carbocycles. The van der Waals surface area contributed by atoms with Gasteiger partial charge in [-0.15, -0.1) is 0 Å². The van der Waals surface area contributed by atoms with Crippen LogP contribution in [0.1, 0.15) is 16.6 Å². The molecule has 20 heavy (non-hydrogen) atoms. The van der Waals surface area contributed by atoms with Gasteiger partial charge < -0.3 is 9.80 Å². The van der Waals surface area contributed by atoms with E-state index in [9.17, 15) is 4.79 Å². The molecule has 1 aromatic heterocycles. The first-order valence-corrected chi connectivity index (χ1v) is 7.57. The molecule has 1 fully saturated rings. The van der Waals surface area contributed by atoms with Crippen LogP contribution in [0.25, 0.3) is 0 Å². The van der Waals surface area contributed by atoms with E-state index >= 15 is 0 Å². The van der Waals surface area contributed by atoms with Crippen LogP contribution < -0.4 is 9.80 Å². The van der Waals surface area contributed by atoms with Gasteiger partial charge in [0.15, 0.2) is 10.9 Å². The maximum atomic E-state index is 11.3. The Morgan fingerprint density at radius 1 is 1.10 bits per heavy atom. The largest absolute Gasteiger partial charge is 0.368 e. The number of aromatic nitrogens is 1. The van der Waals surface area contributed by atoms with E-state index in [0.717, 1.165) is 36.2 Å². The van der Waals surface area contributed by atoms with E-state index in [1.54, 1.807) is 13.1 Å². The maximum Gasteiger partial charge on any atom is 0.186 e. The molecule has 104 valence electrons. The van der Waals surface area contributed by atoms with Crippen LogP contribution >= 0.6 is 11.3 Å². The second-order valence-electron chi connectivity index (χ2n) is 4.87. The lowest BCUT2D eigenvalue weighted by Crippen LogP contribution is -2.46. The zero-order chi connectivity index (χ0) is 13.9. The first-order chi connectivity index (χ1) is 9.74. The minimum atomic E-state index is 0.0941. The van der Waals surface area contributed by atoms with Gasteiger partial charge in [0.1, 0.15) is 0 Å². The van der Waals surface area contributed by atoms with Gasteiger partial charge in [-0.2, -0.15) is 0 Å². The fraction of sp³-hybridized carbons (Fsp3) is 0.333. The standard InChI is InChI=1S/C15H17N3OS/c1-12(19)14-11-16-15(20-14)18-9-7-17(8-10-18)13-5-3-2-4-6-13/h2-6,11H,7-10H2,1H3. The molecule has 0 unspecified atom stereocenters. The van der Waals surface area contributed by atoms with Gasteiger partial charge in [0.2, 0.25) is 0 Å². The van der Waals surface area contributed by atoms with E-state index in [4.69, 9.17) is 0 Å². The molecular formula is C15H17N3OS. The van der Waals surface area contributed by atoms with Crippen LogP contribution in [0.4, 0.5) is 10.8 Å². The van der Waals surface area contributed by atoms with Crippen LogP contribution in [-0.2, 0) is 0 Å². The minimum Gasteiger partial charge on any atom is -0.368 e. The Bertz CT molecular complexity index is 588. The van der Waals surface area contributed by atoms with Crippen molar-refractivity contribution in [1.29, 1.82) is 0 Å². The molecule has 0 spiro atoms. The summed E-state index contributed by atoms with van der Waals surface area (Å²) in [5.74, 6) is 0.0941. The quantitative estimate of drug-likeness (QED) is 0.813. The molecule has 3 rings (SSSR count). The number of hydrogen-bond donors (Lipinski definition) is 0. The molecule has 1 saturated heterocycles. The Morgan fingerprint density at radius 2 is 1.75 bits per heavy atom. The van der Waals surface area contributed by atoms with Crippen molar-refractivity contribution in [3.8, 4) is 0 Å². The molecule has 0 amide bonds. The topological polar surface area (TPSA) is 36.4 Å². The molecule has 0 atom stereocenters. The van der Waals surface area contributed by atoms with E-state index < -0.39 is 0 Å². The van der Waals surface area contributed by atoms with Crippen LogP contribution in [0.3, 0.4) is 0 Å². The zero-order valence-electron chi connectivity index (χ0n) is 11.5. The molecule has 1 aliphatic heterocycles. The monoisotopic (exact) mass is 287 g/mol. The predicted molar refractivity (Wildman–Crippen MR) is 83.0 cm³/mol. The zero-order valence-corrected chi connectivity index (χ0v) is 12.3. The molecule has 2 heterocycles. The summed E-state index contributed by atoms with van der Waals surface area (Å²) >= 11 is 1.49. The van der Waals surface area contributed by atoms with Crippen LogP contribution in [0.5, 0.6) is 0 Å². The number of hydrogen-bond acceptors (Lipinski definition) is 5. The van der Waals surface area contributed by atoms with Gasteiger partial charge in [-0.1, -0.05) is 29.5 Å². The summed E-state index contributed by atoms with van der Waals surface area (Å²) in [5, 5.41) is 0.961. The van der Waals surface area contributed by atoms with E-state index in [0.29, 0.717) is 0 Å². The average molecular weight is 287 g/mol. The number of Topliss-reactive ketones (excluding diaryl/α,β-unsaturated/α-hetero) is 1. The van der Waals surface area contributed by atoms with Gasteiger partial charge in [-0.3, -0.25) is 4.79 Å². The lowest BCUT2D eigenvalue weighted by Gasteiger charge is -2.35. The van der Waals surface area contributed by atoms with Crippen molar-refractivity contribution in [3.05, 3.63) is 41.4 Å². The molecule has 1 aliphatic rings. The number of benzene rings is 1. The van der Waals surface area contributed by atoms with Gasteiger partial charge in [0.25, 0.3) is 0 Å². The second kappa shape index (κ2) is 5.63. The van der Waals surface area contributed by atoms with Crippen molar-refractivity contribution >= 4 is 27.9 Å². The van der Waals surface area contributed by atoms with E-state index in [1.807, 2.05) is 6.07 Å². The van der Waals surface area contributed by atoms with Crippen molar-refractivity contribution in [2.75, 3.05) is 36.0 Å². The van der Waals surface area contributed by atoms with Crippen LogP contribution in [0.15, 0.2) is 36.5 Å². The fourth-order valence-electron chi connectivity index (χ4n) is 2.37. The first-order valence-electron chi connectivity index (χ1n) is 6.76. The number of anilines is 2. The molecule has 0 bridgehead atoms. The summed E-state index contributed by atoms with van der Waals surface area (Å²) in [7, 11) is 0. The third kappa shape index (κ3) is 2.67. The minimum absolute atomic E-state index is 0.0941. The van der Waals surface area contributed by atoms with Crippen molar-refractivity contribution in [3.63, 3.8) is 0 Å². The third-order valence-corrected chi connectivity index (χ3v) is 4.67. The molecule has 0 saturated carbocycles. The van der Waals surface area contributed by atoms with Crippen molar-refractivity contribution in [2.24, 2.45) is 0 Å². The number of nitrogens with zero attached hydrogens (tertiary/aromatic N) is 3. The van der Waals surface area contributed by atoms with Gasteiger partial charge >= 0.3 is 0 Å². The van der Waals surface area contributed by atoms with Gasteiger partial charge in [-0.25, -0.2) is 4.98 Å². The highest BCUT2D eigenvalue weighted by Crippen LogP contribution is 2.25. The van der Waals surface area contributed by atoms with Crippen LogP contribution in [-0.4, -0.2) is 36.9 Å². The second-order valence-corrected chi connectivity index (χ2v) is 5.88. The fourth-order valence-corrected chi connectivity index (χ4v) is 3.23. The Labute approximate surface area is 122 Å². The number of rotatable bonds is 3. The Hall–Kier alpha value is -1.88. The number of para-hydroxylation sites is 1. The summed E-state index contributed by atoms with van der Waals surface area (Å²) in [6.45, 7) is 5.45. The summed E-state index contributed by atoms with van der Waals surface area (Å²) in [4.78, 5) is 21.1. The lowest BCUT2D eigenvalue weighted by atomic mass is 10.2. The van der Waals surface area contributed by atoms with Crippen molar-refractivity contribution in [1.82, 2.24) is 4.98 Å². The summed E-state index contributed by atoms with van der Waals surface area (Å²) in [5.41, 5.74) is 1.27. The number of piperazine rings is 1. The number of carbonyl (C=O) groups excluding carboxylic acids is 1. The van der Waals surface area contributed by atoms with Crippen molar-refractivity contribution < 1.29 is 4.79 Å². The highest BCUT2D eigenvalue weighted by Gasteiger charge is 2.20. The SMILES string of the molecule is CC(=O)c1cnc(N2CCN(c3ccccc3)CC2)s1. The lowest BCUT2D eigenvalue weighted by molar-refractivity contribution is 0.102. The van der Waals surface area contributed by atoms with Crippen LogP contribution in [0.2, 0.25) is 0 Å². The predicted octanol–water partition coefficient (Wildman–Crippen LogP) is 2.67. The highest BCUT2D eigenvalue weighted by atomic mass is 32.1. The molecular weight excluding hydrogens is 270 g/mol. The van der Waals surface area contributed by atoms with Gasteiger partial charge in [0.05, 0.1) is 11.1 Å². The normalized spacial score (nSPS) is 15.4. The smallest absolute Gasteiger partial charge is 0.186 e. The molecule has 4 nitrogen and oxygen atoms in total. The maximum absolute atomic E-state index is 11.3. The molecule has 0 N–H and O–H groups in total. The van der Waals surface area contributed by atoms with Crippen LogP contribution in [0, 0.1) is 0 Å². The van der Waals surface area contributed by atoms with E-state index in [-0.39, 0.29) is 5.78 Å². The summed E-state index contributed by atoms with van der Waals surface area (Å²) in [6.07, 6.45) is 1.69. The summed E-state index contributed by atoms with van der Waals surface area (Å²) < 4.78 is 0. The Balaban J connectivity index is 1.65. The number of ketones is 1. The first kappa shape index (κ1) is 13.1. The number of thiazole rings is 1. The molecule has 0 radical (unpaired) electrons. The number of carbonyl (C=O) groups is 1. The summed E-state index contributed by atoms with van der Waals surface area (Å²) in [6, 6.07) is 10.5. The average Bonchev–Trinajstić information content (AvgIpc) is 2.98. The Kier molecular flexibility index (Phi) is 3.69. The Morgan fingerprint density at radius 3 is 2.35 bits per heavy atom. The van der Waals surface area contributed by atoms with Crippen molar-refractivity contribution in [2.45, 2.75) is 6.92 Å². The van der Waals surface area contributed by atoms with Gasteiger partial charge in [-0.05, 0) is 12.1 Å². The molecule has 2 aromatic rings. The van der Waals surface area contributed by atoms with E-state index in [1.165, 1.54) is 17.0 Å². The van der Waals surface area contributed by atoms with E-state index in [2.05, 4.69) is 39.0 Å². The third-order valence-electron chi connectivity index (χ3n) is 3.51. The molecule has 1 aromatic carbocycles. The molecule has 5 heteroatoms.